The summed E-state index contributed by atoms with van der Waals surface area (Å²) in [5.74, 6) is 2.39. The fraction of sp³-hybridized carbons (Fsp3) is 1.00. The van der Waals surface area contributed by atoms with Gasteiger partial charge in [-0.25, -0.2) is 0 Å². The summed E-state index contributed by atoms with van der Waals surface area (Å²) in [6.07, 6.45) is 0. The van der Waals surface area contributed by atoms with E-state index in [1.165, 1.54) is 0 Å². The molecule has 0 aromatic rings. The average molecular weight is 206 g/mol. The molecule has 0 aromatic carbocycles. The van der Waals surface area contributed by atoms with Crippen molar-refractivity contribution in [2.45, 2.75) is 24.4 Å². The molecule has 0 fully saturated rings. The SMILES string of the molecule is Cl.Cl.[CH3][GeH2][CH](C)C. The van der Waals surface area contributed by atoms with Crippen LogP contribution in [-0.2, 0) is 0 Å². The van der Waals surface area contributed by atoms with Crippen LogP contribution in [0.1, 0.15) is 13.8 Å². The molecule has 0 aliphatic heterocycles. The van der Waals surface area contributed by atoms with Crippen LogP contribution >= 0.6 is 24.8 Å². The molecule has 0 aliphatic rings. The first kappa shape index (κ1) is 15.7. The van der Waals surface area contributed by atoms with Gasteiger partial charge in [0.25, 0.3) is 0 Å². The molecular weight excluding hydrogens is 192 g/mol. The second-order valence-electron chi connectivity index (χ2n) is 1.80. The van der Waals surface area contributed by atoms with Gasteiger partial charge < -0.3 is 0 Å². The van der Waals surface area contributed by atoms with E-state index in [1.54, 1.807) is 0 Å². The minimum absolute atomic E-state index is 0. The van der Waals surface area contributed by atoms with Crippen LogP contribution in [0.4, 0.5) is 0 Å². The fourth-order valence-corrected chi connectivity index (χ4v) is 0. The Balaban J connectivity index is -0.0000000800. The molecule has 0 aromatic heterocycles. The van der Waals surface area contributed by atoms with E-state index in [9.17, 15) is 0 Å². The summed E-state index contributed by atoms with van der Waals surface area (Å²) in [5, 5.41) is 0. The second kappa shape index (κ2) is 10.2. The topological polar surface area (TPSA) is 0 Å². The minimum atomic E-state index is 0. The molecule has 0 aliphatic carbocycles. The third-order valence-electron chi connectivity index (χ3n) is 0.816. The van der Waals surface area contributed by atoms with Crippen molar-refractivity contribution >= 4 is 40.2 Å². The van der Waals surface area contributed by atoms with Crippen molar-refractivity contribution in [2.75, 3.05) is 0 Å². The molecule has 0 heterocycles. The number of rotatable bonds is 1. The first-order chi connectivity index (χ1) is 2.27. The molecule has 0 amide bonds. The van der Waals surface area contributed by atoms with Gasteiger partial charge in [-0.1, -0.05) is 0 Å². The molecular formula is C4H14Cl2Ge. The summed E-state index contributed by atoms with van der Waals surface area (Å²) in [7, 11) is 0. The zero-order valence-electron chi connectivity index (χ0n) is 5.10. The van der Waals surface area contributed by atoms with Crippen LogP contribution in [0, 0.1) is 0 Å². The van der Waals surface area contributed by atoms with Gasteiger partial charge >= 0.3 is 39.8 Å². The molecule has 0 rings (SSSR count). The molecule has 7 heavy (non-hydrogen) atoms. The van der Waals surface area contributed by atoms with Crippen LogP contribution in [0.3, 0.4) is 0 Å². The van der Waals surface area contributed by atoms with Crippen molar-refractivity contribution < 1.29 is 0 Å². The predicted octanol–water partition coefficient (Wildman–Crippen LogP) is 1.88. The molecule has 0 nitrogen and oxygen atoms in total. The standard InChI is InChI=1S/C4H12Ge.2ClH/c1-4(2)5-3;;/h4H,5H2,1-3H3;2*1H. The van der Waals surface area contributed by atoms with E-state index in [1.807, 2.05) is 0 Å². The van der Waals surface area contributed by atoms with Gasteiger partial charge in [0.2, 0.25) is 0 Å². The summed E-state index contributed by atoms with van der Waals surface area (Å²) >= 11 is 0.0139. The summed E-state index contributed by atoms with van der Waals surface area (Å²) in [6, 6.07) is 0. The quantitative estimate of drug-likeness (QED) is 0.574. The Hall–Kier alpha value is 1.12. The molecule has 0 spiro atoms. The van der Waals surface area contributed by atoms with Gasteiger partial charge in [-0.15, -0.1) is 24.8 Å². The maximum atomic E-state index is 2.39. The third kappa shape index (κ3) is 19.2. The molecule has 0 radical (unpaired) electrons. The van der Waals surface area contributed by atoms with E-state index in [0.717, 1.165) is 4.75 Å². The molecule has 3 heteroatoms. The zero-order chi connectivity index (χ0) is 4.28. The average Bonchev–Trinajstić information content (AvgIpc) is 1.38. The summed E-state index contributed by atoms with van der Waals surface area (Å²) in [4.78, 5) is 0. The van der Waals surface area contributed by atoms with Crippen LogP contribution in [0.2, 0.25) is 10.5 Å². The van der Waals surface area contributed by atoms with E-state index in [2.05, 4.69) is 19.6 Å². The monoisotopic (exact) mass is 206 g/mol. The van der Waals surface area contributed by atoms with Crippen LogP contribution in [0.15, 0.2) is 0 Å². The number of halogens is 2. The van der Waals surface area contributed by atoms with Crippen LogP contribution in [0.25, 0.3) is 0 Å². The van der Waals surface area contributed by atoms with Gasteiger partial charge in [0, 0.05) is 0 Å². The number of hydrogen-bond donors (Lipinski definition) is 0. The van der Waals surface area contributed by atoms with Gasteiger partial charge in [0.15, 0.2) is 0 Å². The first-order valence-electron chi connectivity index (χ1n) is 2.27. The Bertz CT molecular complexity index is 23.7. The Morgan fingerprint density at radius 1 is 1.14 bits per heavy atom. The molecule has 0 N–H and O–H groups in total. The van der Waals surface area contributed by atoms with Crippen molar-refractivity contribution in [2.24, 2.45) is 0 Å². The second-order valence-corrected chi connectivity index (χ2v) is 6.94. The van der Waals surface area contributed by atoms with E-state index in [-0.39, 0.29) is 40.2 Å². The molecule has 0 atom stereocenters. The van der Waals surface area contributed by atoms with Crippen molar-refractivity contribution in [3.05, 3.63) is 0 Å². The van der Waals surface area contributed by atoms with Crippen molar-refractivity contribution in [1.82, 2.24) is 0 Å². The van der Waals surface area contributed by atoms with Gasteiger partial charge in [-0.05, 0) is 0 Å². The molecule has 0 unspecified atom stereocenters. The summed E-state index contributed by atoms with van der Waals surface area (Å²) in [6.45, 7) is 4.61. The molecule has 0 saturated carbocycles. The summed E-state index contributed by atoms with van der Waals surface area (Å²) in [5.41, 5.74) is 0. The Kier molecular flexibility index (Phi) is 22.8. The van der Waals surface area contributed by atoms with E-state index in [4.69, 9.17) is 0 Å². The van der Waals surface area contributed by atoms with Crippen molar-refractivity contribution in [1.29, 1.82) is 0 Å². The van der Waals surface area contributed by atoms with E-state index in [0.29, 0.717) is 0 Å². The first-order valence-corrected chi connectivity index (χ1v) is 6.95. The maximum absolute atomic E-state index is 2.39. The van der Waals surface area contributed by atoms with Crippen LogP contribution in [-0.4, -0.2) is 15.4 Å². The van der Waals surface area contributed by atoms with E-state index >= 15 is 0 Å². The Labute approximate surface area is 64.7 Å². The summed E-state index contributed by atoms with van der Waals surface area (Å²) < 4.78 is 1.07. The fourth-order valence-electron chi connectivity index (χ4n) is 0. The Morgan fingerprint density at radius 3 is 1.29 bits per heavy atom. The normalized spacial score (nSPS) is 8.57. The van der Waals surface area contributed by atoms with Gasteiger partial charge in [0.05, 0.1) is 0 Å². The van der Waals surface area contributed by atoms with Crippen LogP contribution < -0.4 is 0 Å². The van der Waals surface area contributed by atoms with Crippen molar-refractivity contribution in [3.63, 3.8) is 0 Å². The van der Waals surface area contributed by atoms with Gasteiger partial charge in [-0.2, -0.15) is 0 Å². The van der Waals surface area contributed by atoms with Gasteiger partial charge in [0.1, 0.15) is 0 Å². The number of hydrogen-bond acceptors (Lipinski definition) is 0. The van der Waals surface area contributed by atoms with Crippen molar-refractivity contribution in [3.8, 4) is 0 Å². The van der Waals surface area contributed by atoms with Gasteiger partial charge in [-0.3, -0.25) is 0 Å². The zero-order valence-corrected chi connectivity index (χ0v) is 9.70. The molecule has 0 bridgehead atoms. The van der Waals surface area contributed by atoms with Crippen LogP contribution in [0.5, 0.6) is 0 Å². The predicted molar refractivity (Wildman–Crippen MR) is 44.0 cm³/mol. The molecule has 0 saturated heterocycles. The third-order valence-corrected chi connectivity index (χ3v) is 4.24. The molecule has 48 valence electrons. The van der Waals surface area contributed by atoms with E-state index < -0.39 is 0 Å². The Morgan fingerprint density at radius 2 is 1.29 bits per heavy atom.